The van der Waals surface area contributed by atoms with Gasteiger partial charge in [0.25, 0.3) is 0 Å². The number of ether oxygens (including phenoxy) is 1. The van der Waals surface area contributed by atoms with Gasteiger partial charge in [-0.1, -0.05) is 0 Å². The standard InChI is InChI=1S/C12H17N3OS/c1-8-9-6-13-3-2-10(9)15-12(14-8)11-7-17-5-4-16-11/h11,13H,2-7H2,1H3. The summed E-state index contributed by atoms with van der Waals surface area (Å²) in [5.41, 5.74) is 3.60. The predicted molar refractivity (Wildman–Crippen MR) is 68.2 cm³/mol. The van der Waals surface area contributed by atoms with Gasteiger partial charge in [-0.3, -0.25) is 0 Å². The molecule has 0 aromatic carbocycles. The molecule has 0 bridgehead atoms. The number of aryl methyl sites for hydroxylation is 1. The largest absolute Gasteiger partial charge is 0.368 e. The van der Waals surface area contributed by atoms with Gasteiger partial charge < -0.3 is 10.1 Å². The first-order valence-electron chi connectivity index (χ1n) is 6.11. The lowest BCUT2D eigenvalue weighted by Crippen LogP contribution is -2.28. The lowest BCUT2D eigenvalue weighted by molar-refractivity contribution is 0.0690. The molecule has 0 amide bonds. The quantitative estimate of drug-likeness (QED) is 0.813. The molecule has 0 radical (unpaired) electrons. The average Bonchev–Trinajstić information content (AvgIpc) is 2.40. The number of thioether (sulfide) groups is 1. The van der Waals surface area contributed by atoms with E-state index in [0.29, 0.717) is 0 Å². The molecule has 3 heterocycles. The number of hydrogen-bond donors (Lipinski definition) is 1. The molecule has 1 N–H and O–H groups in total. The monoisotopic (exact) mass is 251 g/mol. The van der Waals surface area contributed by atoms with Crippen molar-refractivity contribution >= 4 is 11.8 Å². The van der Waals surface area contributed by atoms with Crippen LogP contribution in [0.5, 0.6) is 0 Å². The molecular formula is C12H17N3OS. The smallest absolute Gasteiger partial charge is 0.158 e. The Bertz CT molecular complexity index is 418. The first-order valence-corrected chi connectivity index (χ1v) is 7.26. The highest BCUT2D eigenvalue weighted by Crippen LogP contribution is 2.26. The van der Waals surface area contributed by atoms with E-state index in [9.17, 15) is 0 Å². The van der Waals surface area contributed by atoms with Crippen molar-refractivity contribution in [3.63, 3.8) is 0 Å². The molecular weight excluding hydrogens is 234 g/mol. The van der Waals surface area contributed by atoms with Gasteiger partial charge in [0.05, 0.1) is 12.3 Å². The Morgan fingerprint density at radius 1 is 1.41 bits per heavy atom. The summed E-state index contributed by atoms with van der Waals surface area (Å²) in [7, 11) is 0. The summed E-state index contributed by atoms with van der Waals surface area (Å²) in [6.07, 6.45) is 1.10. The van der Waals surface area contributed by atoms with Crippen molar-refractivity contribution in [3.8, 4) is 0 Å². The van der Waals surface area contributed by atoms with Crippen LogP contribution >= 0.6 is 11.8 Å². The van der Waals surface area contributed by atoms with Crippen LogP contribution in [0.15, 0.2) is 0 Å². The fourth-order valence-electron chi connectivity index (χ4n) is 2.32. The summed E-state index contributed by atoms with van der Waals surface area (Å²) in [6, 6.07) is 0. The van der Waals surface area contributed by atoms with Gasteiger partial charge in [0.1, 0.15) is 6.10 Å². The minimum Gasteiger partial charge on any atom is -0.368 e. The fourth-order valence-corrected chi connectivity index (χ4v) is 3.16. The van der Waals surface area contributed by atoms with Gasteiger partial charge in [0.15, 0.2) is 5.82 Å². The molecule has 1 atom stereocenters. The minimum atomic E-state index is 0.0904. The van der Waals surface area contributed by atoms with Crippen molar-refractivity contribution in [3.05, 3.63) is 22.8 Å². The average molecular weight is 251 g/mol. The van der Waals surface area contributed by atoms with Gasteiger partial charge in [-0.05, 0) is 6.92 Å². The topological polar surface area (TPSA) is 47.0 Å². The van der Waals surface area contributed by atoms with E-state index in [1.54, 1.807) is 0 Å². The predicted octanol–water partition coefficient (Wildman–Crippen LogP) is 1.24. The highest BCUT2D eigenvalue weighted by atomic mass is 32.2. The highest BCUT2D eigenvalue weighted by molar-refractivity contribution is 7.99. The van der Waals surface area contributed by atoms with Gasteiger partial charge in [-0.2, -0.15) is 11.8 Å². The van der Waals surface area contributed by atoms with Crippen molar-refractivity contribution in [2.45, 2.75) is 26.0 Å². The Labute approximate surface area is 106 Å². The summed E-state index contributed by atoms with van der Waals surface area (Å²) >= 11 is 1.92. The first-order chi connectivity index (χ1) is 8.34. The molecule has 1 aromatic rings. The summed E-state index contributed by atoms with van der Waals surface area (Å²) in [5.74, 6) is 2.95. The van der Waals surface area contributed by atoms with Crippen LogP contribution in [-0.4, -0.2) is 34.6 Å². The Balaban J connectivity index is 1.92. The molecule has 2 aliphatic rings. The van der Waals surface area contributed by atoms with Gasteiger partial charge in [0.2, 0.25) is 0 Å². The van der Waals surface area contributed by atoms with Crippen molar-refractivity contribution in [2.24, 2.45) is 0 Å². The van der Waals surface area contributed by atoms with E-state index in [2.05, 4.69) is 17.2 Å². The van der Waals surface area contributed by atoms with Crippen LogP contribution in [0.25, 0.3) is 0 Å². The van der Waals surface area contributed by atoms with Crippen LogP contribution in [0, 0.1) is 6.92 Å². The van der Waals surface area contributed by atoms with E-state index in [1.807, 2.05) is 11.8 Å². The van der Waals surface area contributed by atoms with E-state index >= 15 is 0 Å². The van der Waals surface area contributed by atoms with Crippen LogP contribution < -0.4 is 5.32 Å². The maximum atomic E-state index is 5.75. The molecule has 17 heavy (non-hydrogen) atoms. The van der Waals surface area contributed by atoms with E-state index in [-0.39, 0.29) is 6.10 Å². The van der Waals surface area contributed by atoms with E-state index in [1.165, 1.54) is 11.3 Å². The Hall–Kier alpha value is -0.650. The zero-order chi connectivity index (χ0) is 11.7. The summed E-state index contributed by atoms with van der Waals surface area (Å²) in [4.78, 5) is 9.33. The molecule has 92 valence electrons. The molecule has 1 aromatic heterocycles. The van der Waals surface area contributed by atoms with E-state index in [4.69, 9.17) is 9.72 Å². The van der Waals surface area contributed by atoms with Gasteiger partial charge in [-0.15, -0.1) is 0 Å². The second-order valence-electron chi connectivity index (χ2n) is 4.45. The van der Waals surface area contributed by atoms with Crippen molar-refractivity contribution in [1.82, 2.24) is 15.3 Å². The number of fused-ring (bicyclic) bond motifs is 1. The lowest BCUT2D eigenvalue weighted by Gasteiger charge is -2.24. The molecule has 2 aliphatic heterocycles. The normalized spacial score (nSPS) is 24.4. The van der Waals surface area contributed by atoms with Crippen molar-refractivity contribution in [1.29, 1.82) is 0 Å². The zero-order valence-corrected chi connectivity index (χ0v) is 10.8. The third-order valence-electron chi connectivity index (χ3n) is 3.26. The second-order valence-corrected chi connectivity index (χ2v) is 5.60. The number of rotatable bonds is 1. The molecule has 0 aliphatic carbocycles. The molecule has 0 spiro atoms. The van der Waals surface area contributed by atoms with Crippen LogP contribution in [0.3, 0.4) is 0 Å². The lowest BCUT2D eigenvalue weighted by atomic mass is 10.1. The number of nitrogens with one attached hydrogen (secondary N) is 1. The van der Waals surface area contributed by atoms with Crippen LogP contribution in [-0.2, 0) is 17.7 Å². The number of hydrogen-bond acceptors (Lipinski definition) is 5. The van der Waals surface area contributed by atoms with Crippen molar-refractivity contribution < 1.29 is 4.74 Å². The van der Waals surface area contributed by atoms with Crippen molar-refractivity contribution in [2.75, 3.05) is 24.7 Å². The first kappa shape index (κ1) is 11.4. The number of aromatic nitrogens is 2. The third-order valence-corrected chi connectivity index (χ3v) is 4.25. The molecule has 4 nitrogen and oxygen atoms in total. The Morgan fingerprint density at radius 3 is 3.18 bits per heavy atom. The van der Waals surface area contributed by atoms with E-state index < -0.39 is 0 Å². The molecule has 0 saturated carbocycles. The zero-order valence-electron chi connectivity index (χ0n) is 10.0. The Kier molecular flexibility index (Phi) is 3.31. The summed E-state index contributed by atoms with van der Waals surface area (Å²) in [6.45, 7) is 4.81. The van der Waals surface area contributed by atoms with Crippen LogP contribution in [0.2, 0.25) is 0 Å². The SMILES string of the molecule is Cc1nc(C2CSCCO2)nc2c1CNCC2. The summed E-state index contributed by atoms with van der Waals surface area (Å²) in [5, 5.41) is 3.37. The maximum absolute atomic E-state index is 5.75. The maximum Gasteiger partial charge on any atom is 0.158 e. The highest BCUT2D eigenvalue weighted by Gasteiger charge is 2.22. The Morgan fingerprint density at radius 2 is 2.35 bits per heavy atom. The molecule has 5 heteroatoms. The molecule has 1 unspecified atom stereocenters. The van der Waals surface area contributed by atoms with Gasteiger partial charge in [0, 0.05) is 42.3 Å². The van der Waals surface area contributed by atoms with Gasteiger partial charge in [-0.25, -0.2) is 9.97 Å². The fraction of sp³-hybridized carbons (Fsp3) is 0.667. The van der Waals surface area contributed by atoms with Crippen LogP contribution in [0.1, 0.15) is 28.9 Å². The summed E-state index contributed by atoms with van der Waals surface area (Å²) < 4.78 is 5.75. The second kappa shape index (κ2) is 4.92. The molecule has 1 saturated heterocycles. The number of nitrogens with zero attached hydrogens (tertiary/aromatic N) is 2. The minimum absolute atomic E-state index is 0.0904. The van der Waals surface area contributed by atoms with E-state index in [0.717, 1.165) is 49.1 Å². The van der Waals surface area contributed by atoms with Gasteiger partial charge >= 0.3 is 0 Å². The van der Waals surface area contributed by atoms with Crippen LogP contribution in [0.4, 0.5) is 0 Å². The molecule has 3 rings (SSSR count). The molecule has 1 fully saturated rings. The third kappa shape index (κ3) is 2.32.